The lowest BCUT2D eigenvalue weighted by molar-refractivity contribution is -0.138. The molecule has 0 atom stereocenters. The maximum atomic E-state index is 12.5. The van der Waals surface area contributed by atoms with Gasteiger partial charge < -0.3 is 15.0 Å². The van der Waals surface area contributed by atoms with Crippen LogP contribution in [0, 0.1) is 12.8 Å². The van der Waals surface area contributed by atoms with Crippen LogP contribution in [0.2, 0.25) is 0 Å². The van der Waals surface area contributed by atoms with E-state index in [1.807, 2.05) is 17.0 Å². The number of hydrogen-bond acceptors (Lipinski definition) is 3. The third-order valence-electron chi connectivity index (χ3n) is 4.77. The summed E-state index contributed by atoms with van der Waals surface area (Å²) in [5.41, 5.74) is 1.25. The van der Waals surface area contributed by atoms with Crippen LogP contribution in [0.25, 0.3) is 0 Å². The molecular weight excluding hydrogens is 276 g/mol. The molecule has 0 aromatic heterocycles. The van der Waals surface area contributed by atoms with E-state index in [1.54, 1.807) is 0 Å². The molecule has 0 aliphatic carbocycles. The number of carbonyl (C=O) groups excluding carboxylic acids is 1. The maximum Gasteiger partial charge on any atom is 0.225 e. The van der Waals surface area contributed by atoms with E-state index in [4.69, 9.17) is 4.74 Å². The van der Waals surface area contributed by atoms with Crippen molar-refractivity contribution in [2.75, 3.05) is 26.2 Å². The van der Waals surface area contributed by atoms with Crippen molar-refractivity contribution >= 4 is 5.91 Å². The molecular formula is C18H26N2O2. The Morgan fingerprint density at radius 1 is 1.09 bits per heavy atom. The molecule has 2 heterocycles. The highest BCUT2D eigenvalue weighted by Crippen LogP contribution is 2.22. The molecule has 2 aliphatic heterocycles. The summed E-state index contributed by atoms with van der Waals surface area (Å²) >= 11 is 0. The third-order valence-corrected chi connectivity index (χ3v) is 4.77. The fourth-order valence-corrected chi connectivity index (χ4v) is 3.33. The molecule has 1 aromatic rings. The minimum absolute atomic E-state index is 0.232. The van der Waals surface area contributed by atoms with E-state index in [0.717, 1.165) is 57.6 Å². The Morgan fingerprint density at radius 3 is 2.36 bits per heavy atom. The molecule has 0 saturated carbocycles. The smallest absolute Gasteiger partial charge is 0.225 e. The number of ether oxygens (including phenoxy) is 1. The van der Waals surface area contributed by atoms with Gasteiger partial charge >= 0.3 is 0 Å². The van der Waals surface area contributed by atoms with Gasteiger partial charge in [0.05, 0.1) is 0 Å². The van der Waals surface area contributed by atoms with Crippen molar-refractivity contribution in [1.29, 1.82) is 0 Å². The van der Waals surface area contributed by atoms with E-state index in [0.29, 0.717) is 5.91 Å². The molecule has 0 radical (unpaired) electrons. The van der Waals surface area contributed by atoms with Crippen LogP contribution < -0.4 is 10.1 Å². The molecule has 0 spiro atoms. The number of amides is 1. The summed E-state index contributed by atoms with van der Waals surface area (Å²) in [4.78, 5) is 14.6. The topological polar surface area (TPSA) is 41.6 Å². The summed E-state index contributed by atoms with van der Waals surface area (Å²) < 4.78 is 6.04. The molecule has 1 N–H and O–H groups in total. The summed E-state index contributed by atoms with van der Waals surface area (Å²) in [6, 6.07) is 8.21. The monoisotopic (exact) mass is 302 g/mol. The molecule has 2 aliphatic rings. The van der Waals surface area contributed by atoms with E-state index >= 15 is 0 Å². The first-order valence-electron chi connectivity index (χ1n) is 8.45. The van der Waals surface area contributed by atoms with Crippen molar-refractivity contribution in [3.63, 3.8) is 0 Å². The van der Waals surface area contributed by atoms with E-state index < -0.39 is 0 Å². The van der Waals surface area contributed by atoms with Gasteiger partial charge in [0, 0.05) is 31.8 Å². The van der Waals surface area contributed by atoms with Gasteiger partial charge in [-0.15, -0.1) is 0 Å². The van der Waals surface area contributed by atoms with E-state index in [9.17, 15) is 4.79 Å². The summed E-state index contributed by atoms with van der Waals surface area (Å²) in [6.45, 7) is 5.69. The minimum Gasteiger partial charge on any atom is -0.490 e. The number of benzene rings is 1. The summed E-state index contributed by atoms with van der Waals surface area (Å²) in [7, 11) is 0. The number of piperidine rings is 2. The van der Waals surface area contributed by atoms with Crippen molar-refractivity contribution < 1.29 is 9.53 Å². The lowest BCUT2D eigenvalue weighted by Crippen LogP contribution is -2.46. The predicted molar refractivity (Wildman–Crippen MR) is 87.0 cm³/mol. The molecule has 0 unspecified atom stereocenters. The van der Waals surface area contributed by atoms with Crippen molar-refractivity contribution in [3.8, 4) is 5.75 Å². The number of aryl methyl sites for hydroxylation is 1. The van der Waals surface area contributed by atoms with Crippen molar-refractivity contribution in [3.05, 3.63) is 29.8 Å². The van der Waals surface area contributed by atoms with Gasteiger partial charge in [-0.05, 0) is 45.0 Å². The number of nitrogens with zero attached hydrogens (tertiary/aromatic N) is 1. The largest absolute Gasteiger partial charge is 0.490 e. The summed E-state index contributed by atoms with van der Waals surface area (Å²) in [6.07, 6.45) is 4.08. The Hall–Kier alpha value is -1.55. The van der Waals surface area contributed by atoms with E-state index in [2.05, 4.69) is 24.4 Å². The first kappa shape index (κ1) is 15.3. The van der Waals surface area contributed by atoms with Crippen molar-refractivity contribution in [2.45, 2.75) is 38.7 Å². The van der Waals surface area contributed by atoms with Gasteiger partial charge in [0.25, 0.3) is 0 Å². The molecule has 0 bridgehead atoms. The van der Waals surface area contributed by atoms with Gasteiger partial charge in [-0.1, -0.05) is 17.7 Å². The second-order valence-electron chi connectivity index (χ2n) is 6.48. The van der Waals surface area contributed by atoms with E-state index in [1.165, 1.54) is 5.56 Å². The third kappa shape index (κ3) is 3.80. The molecule has 2 saturated heterocycles. The second-order valence-corrected chi connectivity index (χ2v) is 6.48. The van der Waals surface area contributed by atoms with Gasteiger partial charge in [0.2, 0.25) is 5.91 Å². The molecule has 2 fully saturated rings. The second kappa shape index (κ2) is 7.14. The van der Waals surface area contributed by atoms with Crippen LogP contribution >= 0.6 is 0 Å². The minimum atomic E-state index is 0.232. The van der Waals surface area contributed by atoms with Crippen molar-refractivity contribution in [2.24, 2.45) is 5.92 Å². The van der Waals surface area contributed by atoms with E-state index in [-0.39, 0.29) is 12.0 Å². The zero-order valence-electron chi connectivity index (χ0n) is 13.4. The quantitative estimate of drug-likeness (QED) is 0.932. The SMILES string of the molecule is Cc1ccc(OC2CCN(C(=O)C3CCNCC3)CC2)cc1. The standard InChI is InChI=1S/C18H26N2O2/c1-14-2-4-16(5-3-14)22-17-8-12-20(13-9-17)18(21)15-6-10-19-11-7-15/h2-5,15,17,19H,6-13H2,1H3. The molecule has 4 nitrogen and oxygen atoms in total. The Kier molecular flexibility index (Phi) is 4.98. The lowest BCUT2D eigenvalue weighted by Gasteiger charge is -2.35. The van der Waals surface area contributed by atoms with Gasteiger partial charge in [0.15, 0.2) is 0 Å². The summed E-state index contributed by atoms with van der Waals surface area (Å²) in [5.74, 6) is 1.53. The molecule has 22 heavy (non-hydrogen) atoms. The average molecular weight is 302 g/mol. The highest BCUT2D eigenvalue weighted by atomic mass is 16.5. The van der Waals surface area contributed by atoms with Crippen LogP contribution in [0.15, 0.2) is 24.3 Å². The predicted octanol–water partition coefficient (Wildman–Crippen LogP) is 2.36. The molecule has 1 aromatic carbocycles. The van der Waals surface area contributed by atoms with Crippen LogP contribution in [0.4, 0.5) is 0 Å². The maximum absolute atomic E-state index is 12.5. The number of nitrogens with one attached hydrogen (secondary N) is 1. The fourth-order valence-electron chi connectivity index (χ4n) is 3.33. The molecule has 120 valence electrons. The first-order chi connectivity index (χ1) is 10.7. The van der Waals surface area contributed by atoms with Crippen LogP contribution in [0.1, 0.15) is 31.2 Å². The Labute approximate surface area is 132 Å². The Morgan fingerprint density at radius 2 is 1.73 bits per heavy atom. The molecule has 1 amide bonds. The van der Waals surface area contributed by atoms with Crippen LogP contribution in [0.3, 0.4) is 0 Å². The highest BCUT2D eigenvalue weighted by molar-refractivity contribution is 5.79. The number of rotatable bonds is 3. The van der Waals surface area contributed by atoms with Gasteiger partial charge in [-0.3, -0.25) is 4.79 Å². The number of likely N-dealkylation sites (tertiary alicyclic amines) is 1. The average Bonchev–Trinajstić information content (AvgIpc) is 2.58. The Balaban J connectivity index is 1.47. The van der Waals surface area contributed by atoms with Gasteiger partial charge in [0.1, 0.15) is 11.9 Å². The fraction of sp³-hybridized carbons (Fsp3) is 0.611. The first-order valence-corrected chi connectivity index (χ1v) is 8.45. The highest BCUT2D eigenvalue weighted by Gasteiger charge is 2.29. The molecule has 4 heteroatoms. The Bertz CT molecular complexity index is 486. The summed E-state index contributed by atoms with van der Waals surface area (Å²) in [5, 5.41) is 3.32. The van der Waals surface area contributed by atoms with Gasteiger partial charge in [-0.25, -0.2) is 0 Å². The van der Waals surface area contributed by atoms with Gasteiger partial charge in [-0.2, -0.15) is 0 Å². The number of hydrogen-bond donors (Lipinski definition) is 1. The van der Waals surface area contributed by atoms with Crippen molar-refractivity contribution in [1.82, 2.24) is 10.2 Å². The molecule has 3 rings (SSSR count). The lowest BCUT2D eigenvalue weighted by atomic mass is 9.95. The van der Waals surface area contributed by atoms with Crippen LogP contribution in [-0.4, -0.2) is 43.1 Å². The van der Waals surface area contributed by atoms with Crippen LogP contribution in [0.5, 0.6) is 5.75 Å². The zero-order valence-corrected chi connectivity index (χ0v) is 13.4. The number of carbonyl (C=O) groups is 1. The zero-order chi connectivity index (χ0) is 15.4. The van der Waals surface area contributed by atoms with Crippen LogP contribution in [-0.2, 0) is 4.79 Å². The normalized spacial score (nSPS) is 20.9.